The first-order valence-corrected chi connectivity index (χ1v) is 5.11. The van der Waals surface area contributed by atoms with Crippen LogP contribution in [0.1, 0.15) is 5.56 Å². The zero-order chi connectivity index (χ0) is 11.8. The molecule has 1 unspecified atom stereocenters. The minimum Gasteiger partial charge on any atom is -0.447 e. The summed E-state index contributed by atoms with van der Waals surface area (Å²) in [5, 5.41) is 2.74. The summed E-state index contributed by atoms with van der Waals surface area (Å²) in [5.41, 5.74) is 3.47. The van der Waals surface area contributed by atoms with Gasteiger partial charge < -0.3 is 10.1 Å². The summed E-state index contributed by atoms with van der Waals surface area (Å²) in [6, 6.07) is 10.2. The maximum absolute atomic E-state index is 10.7. The smallest absolute Gasteiger partial charge is 0.407 e. The van der Waals surface area contributed by atoms with Crippen molar-refractivity contribution in [1.82, 2.24) is 10.7 Å². The van der Waals surface area contributed by atoms with Crippen molar-refractivity contribution in [2.45, 2.75) is 12.5 Å². The van der Waals surface area contributed by atoms with Gasteiger partial charge in [-0.25, -0.2) is 4.79 Å². The second kappa shape index (κ2) is 6.81. The number of cyclic esters (lactones) is 1. The molecular formula is C11H17N3O2. The van der Waals surface area contributed by atoms with E-state index in [2.05, 4.69) is 16.6 Å². The molecule has 5 heteroatoms. The molecule has 4 N–H and O–H groups in total. The minimum absolute atomic E-state index is 0.134. The molecule has 1 aromatic carbocycles. The van der Waals surface area contributed by atoms with Crippen molar-refractivity contribution in [3.8, 4) is 0 Å². The zero-order valence-corrected chi connectivity index (χ0v) is 9.27. The fraction of sp³-hybridized carbons (Fsp3) is 0.364. The Bertz CT molecular complexity index is 316. The minimum atomic E-state index is -0.305. The van der Waals surface area contributed by atoms with Crippen molar-refractivity contribution in [3.63, 3.8) is 0 Å². The standard InChI is InChI=1S/C10H11NO2.CH6N2/c12-10-11-9(7-13-10)6-8-4-2-1-3-5-8;1-3-2/h1-5,9H,6-7H2,(H,11,12);3H,2H2,1H3. The number of carbonyl (C=O) groups is 1. The Morgan fingerprint density at radius 1 is 1.50 bits per heavy atom. The number of alkyl carbamates (subject to hydrolysis) is 1. The average molecular weight is 223 g/mol. The van der Waals surface area contributed by atoms with Gasteiger partial charge in [0.1, 0.15) is 6.61 Å². The third-order valence-electron chi connectivity index (χ3n) is 2.06. The summed E-state index contributed by atoms with van der Waals surface area (Å²) in [6.45, 7) is 0.480. The number of rotatable bonds is 2. The molecule has 0 aromatic heterocycles. The largest absolute Gasteiger partial charge is 0.447 e. The number of amides is 1. The number of ether oxygens (including phenoxy) is 1. The molecule has 1 aliphatic rings. The van der Waals surface area contributed by atoms with E-state index in [0.29, 0.717) is 6.61 Å². The van der Waals surface area contributed by atoms with Gasteiger partial charge in [-0.05, 0) is 19.0 Å². The second-order valence-corrected chi connectivity index (χ2v) is 3.42. The van der Waals surface area contributed by atoms with Crippen molar-refractivity contribution in [2.24, 2.45) is 5.84 Å². The summed E-state index contributed by atoms with van der Waals surface area (Å²) >= 11 is 0. The molecule has 16 heavy (non-hydrogen) atoms. The number of hydrogen-bond donors (Lipinski definition) is 3. The lowest BCUT2D eigenvalue weighted by molar-refractivity contribution is 0.177. The van der Waals surface area contributed by atoms with Gasteiger partial charge in [0.25, 0.3) is 0 Å². The van der Waals surface area contributed by atoms with Crippen LogP contribution < -0.4 is 16.6 Å². The van der Waals surface area contributed by atoms with Crippen molar-refractivity contribution in [1.29, 1.82) is 0 Å². The van der Waals surface area contributed by atoms with Crippen molar-refractivity contribution in [2.75, 3.05) is 13.7 Å². The molecule has 1 aliphatic heterocycles. The Kier molecular flexibility index (Phi) is 5.31. The molecule has 1 atom stereocenters. The molecule has 1 fully saturated rings. The van der Waals surface area contributed by atoms with E-state index in [1.165, 1.54) is 5.56 Å². The lowest BCUT2D eigenvalue weighted by Crippen LogP contribution is -2.28. The van der Waals surface area contributed by atoms with Gasteiger partial charge in [0.2, 0.25) is 0 Å². The molecule has 0 bridgehead atoms. The number of benzene rings is 1. The van der Waals surface area contributed by atoms with E-state index in [1.54, 1.807) is 7.05 Å². The molecule has 5 nitrogen and oxygen atoms in total. The van der Waals surface area contributed by atoms with E-state index in [4.69, 9.17) is 4.74 Å². The lowest BCUT2D eigenvalue weighted by Gasteiger charge is -2.05. The van der Waals surface area contributed by atoms with E-state index in [1.807, 2.05) is 30.3 Å². The van der Waals surface area contributed by atoms with Gasteiger partial charge in [0.15, 0.2) is 0 Å². The highest BCUT2D eigenvalue weighted by molar-refractivity contribution is 5.69. The highest BCUT2D eigenvalue weighted by Crippen LogP contribution is 2.06. The first-order valence-electron chi connectivity index (χ1n) is 5.11. The van der Waals surface area contributed by atoms with Gasteiger partial charge in [-0.1, -0.05) is 30.3 Å². The van der Waals surface area contributed by atoms with E-state index in [9.17, 15) is 4.79 Å². The molecule has 2 rings (SSSR count). The van der Waals surface area contributed by atoms with E-state index in [-0.39, 0.29) is 12.1 Å². The van der Waals surface area contributed by atoms with Crippen LogP contribution in [0, 0.1) is 0 Å². The van der Waals surface area contributed by atoms with Crippen LogP contribution in [0.5, 0.6) is 0 Å². The van der Waals surface area contributed by atoms with Crippen LogP contribution >= 0.6 is 0 Å². The third-order valence-corrected chi connectivity index (χ3v) is 2.06. The maximum Gasteiger partial charge on any atom is 0.407 e. The maximum atomic E-state index is 10.7. The number of carbonyl (C=O) groups excluding carboxylic acids is 1. The molecule has 1 saturated heterocycles. The molecule has 0 saturated carbocycles. The molecule has 0 aliphatic carbocycles. The summed E-state index contributed by atoms with van der Waals surface area (Å²) in [4.78, 5) is 10.7. The number of hydrogen-bond acceptors (Lipinski definition) is 4. The zero-order valence-electron chi connectivity index (χ0n) is 9.27. The van der Waals surface area contributed by atoms with Gasteiger partial charge in [0, 0.05) is 0 Å². The molecular weight excluding hydrogens is 206 g/mol. The van der Waals surface area contributed by atoms with Crippen molar-refractivity contribution < 1.29 is 9.53 Å². The van der Waals surface area contributed by atoms with Gasteiger partial charge in [-0.15, -0.1) is 0 Å². The number of nitrogens with two attached hydrogens (primary N) is 1. The highest BCUT2D eigenvalue weighted by atomic mass is 16.6. The first kappa shape index (κ1) is 12.5. The Labute approximate surface area is 94.9 Å². The van der Waals surface area contributed by atoms with Gasteiger partial charge in [-0.3, -0.25) is 11.3 Å². The third kappa shape index (κ3) is 4.29. The predicted molar refractivity (Wildman–Crippen MR) is 61.7 cm³/mol. The summed E-state index contributed by atoms with van der Waals surface area (Å²) in [5.74, 6) is 4.60. The van der Waals surface area contributed by atoms with E-state index < -0.39 is 0 Å². The van der Waals surface area contributed by atoms with Crippen molar-refractivity contribution >= 4 is 6.09 Å². The van der Waals surface area contributed by atoms with E-state index in [0.717, 1.165) is 6.42 Å². The Morgan fingerprint density at radius 2 is 2.12 bits per heavy atom. The molecule has 0 spiro atoms. The van der Waals surface area contributed by atoms with Crippen molar-refractivity contribution in [3.05, 3.63) is 35.9 Å². The van der Waals surface area contributed by atoms with E-state index >= 15 is 0 Å². The quantitative estimate of drug-likeness (QED) is 0.501. The SMILES string of the molecule is CNN.O=C1NC(Cc2ccccc2)CO1. The summed E-state index contributed by atoms with van der Waals surface area (Å²) in [7, 11) is 1.65. The molecule has 1 aromatic rings. The van der Waals surface area contributed by atoms with Crippen LogP contribution in [-0.4, -0.2) is 25.8 Å². The van der Waals surface area contributed by atoms with Crippen LogP contribution in [-0.2, 0) is 11.2 Å². The summed E-state index contributed by atoms with van der Waals surface area (Å²) in [6.07, 6.45) is 0.535. The lowest BCUT2D eigenvalue weighted by atomic mass is 10.1. The topological polar surface area (TPSA) is 76.4 Å². The molecule has 1 heterocycles. The second-order valence-electron chi connectivity index (χ2n) is 3.42. The molecule has 0 radical (unpaired) electrons. The van der Waals surface area contributed by atoms with Crippen LogP contribution in [0.15, 0.2) is 30.3 Å². The fourth-order valence-electron chi connectivity index (χ4n) is 1.43. The normalized spacial score (nSPS) is 18.1. The first-order chi connectivity index (χ1) is 7.76. The average Bonchev–Trinajstić information content (AvgIpc) is 2.67. The van der Waals surface area contributed by atoms with Crippen LogP contribution in [0.2, 0.25) is 0 Å². The van der Waals surface area contributed by atoms with Gasteiger partial charge in [0.05, 0.1) is 6.04 Å². The number of nitrogens with one attached hydrogen (secondary N) is 2. The molecule has 88 valence electrons. The predicted octanol–water partition coefficient (Wildman–Crippen LogP) is 0.417. The van der Waals surface area contributed by atoms with Gasteiger partial charge in [-0.2, -0.15) is 0 Å². The van der Waals surface area contributed by atoms with Crippen LogP contribution in [0.25, 0.3) is 0 Å². The Morgan fingerprint density at radius 3 is 2.62 bits per heavy atom. The highest BCUT2D eigenvalue weighted by Gasteiger charge is 2.21. The Balaban J connectivity index is 0.000000386. The Hall–Kier alpha value is -1.59. The van der Waals surface area contributed by atoms with Crippen LogP contribution in [0.4, 0.5) is 4.79 Å². The van der Waals surface area contributed by atoms with Gasteiger partial charge >= 0.3 is 6.09 Å². The molecule has 1 amide bonds. The summed E-state index contributed by atoms with van der Waals surface area (Å²) < 4.78 is 4.79. The number of hydrazine groups is 1. The monoisotopic (exact) mass is 223 g/mol. The fourth-order valence-corrected chi connectivity index (χ4v) is 1.43. The van der Waals surface area contributed by atoms with Crippen LogP contribution in [0.3, 0.4) is 0 Å².